The van der Waals surface area contributed by atoms with E-state index in [2.05, 4.69) is 14.5 Å². The highest BCUT2D eigenvalue weighted by Crippen LogP contribution is 2.39. The highest BCUT2D eigenvalue weighted by Gasteiger charge is 2.50. The van der Waals surface area contributed by atoms with E-state index < -0.39 is 32.8 Å². The van der Waals surface area contributed by atoms with Crippen LogP contribution in [-0.2, 0) is 23.8 Å². The lowest BCUT2D eigenvalue weighted by Gasteiger charge is -2.33. The number of alkyl halides is 3. The average Bonchev–Trinajstić information content (AvgIpc) is 3.22. The normalized spacial score (nSPS) is 19.2. The average molecular weight is 475 g/mol. The van der Waals surface area contributed by atoms with Gasteiger partial charge in [-0.2, -0.15) is 26.3 Å². The molecule has 9 nitrogen and oxygen atoms in total. The molecule has 1 aromatic carbocycles. The predicted octanol–water partition coefficient (Wildman–Crippen LogP) is 3.13. The molecule has 13 heteroatoms. The molecule has 1 aliphatic rings. The third-order valence-corrected chi connectivity index (χ3v) is 5.79. The molecule has 0 saturated heterocycles. The van der Waals surface area contributed by atoms with Gasteiger partial charge in [0.05, 0.1) is 12.3 Å². The molecule has 0 radical (unpaired) electrons. The zero-order valence-corrected chi connectivity index (χ0v) is 17.7. The number of para-hydroxylation sites is 1. The van der Waals surface area contributed by atoms with Gasteiger partial charge in [0.1, 0.15) is 24.0 Å². The van der Waals surface area contributed by atoms with Crippen LogP contribution in [0.3, 0.4) is 0 Å². The summed E-state index contributed by atoms with van der Waals surface area (Å²) in [5, 5.41) is 7.76. The van der Waals surface area contributed by atoms with E-state index in [1.807, 2.05) is 6.07 Å². The van der Waals surface area contributed by atoms with Crippen LogP contribution in [0.2, 0.25) is 0 Å². The van der Waals surface area contributed by atoms with E-state index in [9.17, 15) is 26.4 Å². The molecular formula is C19H20F3N3O6S. The van der Waals surface area contributed by atoms with Gasteiger partial charge in [-0.3, -0.25) is 4.79 Å². The summed E-state index contributed by atoms with van der Waals surface area (Å²) >= 11 is 0. The van der Waals surface area contributed by atoms with Crippen molar-refractivity contribution >= 4 is 16.1 Å². The molecule has 0 fully saturated rings. The van der Waals surface area contributed by atoms with Crippen LogP contribution in [0.5, 0.6) is 5.88 Å². The molecule has 2 aromatic rings. The van der Waals surface area contributed by atoms with Crippen molar-refractivity contribution in [3.05, 3.63) is 48.4 Å². The first-order chi connectivity index (χ1) is 15.1. The van der Waals surface area contributed by atoms with Gasteiger partial charge in [-0.25, -0.2) is 0 Å². The van der Waals surface area contributed by atoms with Crippen molar-refractivity contribution in [1.29, 1.82) is 0 Å². The lowest BCUT2D eigenvalue weighted by molar-refractivity contribution is -0.158. The first kappa shape index (κ1) is 23.6. The number of rotatable bonds is 8. The minimum absolute atomic E-state index is 0.0437. The second-order valence-corrected chi connectivity index (χ2v) is 8.50. The van der Waals surface area contributed by atoms with Crippen LogP contribution in [0.1, 0.15) is 26.2 Å². The number of nitrogens with zero attached hydrogens (tertiary/aromatic N) is 3. The van der Waals surface area contributed by atoms with E-state index >= 15 is 0 Å². The SMILES string of the molecule is CCOC(=O)C1(COc2cnnn2-c2ccccc2)CC=C(OS(=O)(=O)C(F)(F)F)CC1. The van der Waals surface area contributed by atoms with Crippen molar-refractivity contribution in [2.75, 3.05) is 13.2 Å². The molecule has 0 amide bonds. The number of hydrogen-bond donors (Lipinski definition) is 0. The van der Waals surface area contributed by atoms with Gasteiger partial charge < -0.3 is 13.7 Å². The largest absolute Gasteiger partial charge is 0.534 e. The molecule has 3 rings (SSSR count). The molecule has 1 atom stereocenters. The second-order valence-electron chi connectivity index (χ2n) is 6.97. The molecule has 32 heavy (non-hydrogen) atoms. The highest BCUT2D eigenvalue weighted by molar-refractivity contribution is 7.87. The van der Waals surface area contributed by atoms with Gasteiger partial charge in [-0.05, 0) is 38.0 Å². The number of hydrogen-bond acceptors (Lipinski definition) is 8. The van der Waals surface area contributed by atoms with E-state index in [0.717, 1.165) is 6.08 Å². The molecule has 0 aliphatic heterocycles. The summed E-state index contributed by atoms with van der Waals surface area (Å²) in [5.74, 6) is -0.767. The molecule has 1 aliphatic carbocycles. The van der Waals surface area contributed by atoms with Crippen LogP contribution in [-0.4, -0.2) is 48.1 Å². The topological polar surface area (TPSA) is 110 Å². The van der Waals surface area contributed by atoms with Crippen LogP contribution >= 0.6 is 0 Å². The number of esters is 1. The van der Waals surface area contributed by atoms with Gasteiger partial charge in [-0.1, -0.05) is 23.4 Å². The quantitative estimate of drug-likeness (QED) is 0.325. The molecule has 0 bridgehead atoms. The Bertz CT molecular complexity index is 1090. The summed E-state index contributed by atoms with van der Waals surface area (Å²) in [4.78, 5) is 12.7. The number of halogens is 3. The van der Waals surface area contributed by atoms with E-state index in [1.54, 1.807) is 31.2 Å². The minimum Gasteiger partial charge on any atom is -0.475 e. The predicted molar refractivity (Wildman–Crippen MR) is 104 cm³/mol. The lowest BCUT2D eigenvalue weighted by Crippen LogP contribution is -2.40. The third-order valence-electron chi connectivity index (χ3n) is 4.79. The Labute approximate surface area is 181 Å². The monoisotopic (exact) mass is 475 g/mol. The van der Waals surface area contributed by atoms with E-state index in [0.29, 0.717) is 5.69 Å². The summed E-state index contributed by atoms with van der Waals surface area (Å²) in [6, 6.07) is 8.96. The fraction of sp³-hybridized carbons (Fsp3) is 0.421. The van der Waals surface area contributed by atoms with Crippen molar-refractivity contribution in [2.24, 2.45) is 5.41 Å². The van der Waals surface area contributed by atoms with E-state index in [1.165, 1.54) is 10.9 Å². The van der Waals surface area contributed by atoms with Gasteiger partial charge in [0.15, 0.2) is 0 Å². The lowest BCUT2D eigenvalue weighted by atomic mass is 9.77. The Kier molecular flexibility index (Phi) is 6.77. The molecule has 1 unspecified atom stereocenters. The van der Waals surface area contributed by atoms with Crippen molar-refractivity contribution in [2.45, 2.75) is 31.7 Å². The van der Waals surface area contributed by atoms with Crippen molar-refractivity contribution in [3.63, 3.8) is 0 Å². The van der Waals surface area contributed by atoms with Crippen LogP contribution in [0.15, 0.2) is 48.4 Å². The highest BCUT2D eigenvalue weighted by atomic mass is 32.2. The molecule has 0 spiro atoms. The summed E-state index contributed by atoms with van der Waals surface area (Å²) < 4.78 is 76.8. The fourth-order valence-corrected chi connectivity index (χ4v) is 3.61. The van der Waals surface area contributed by atoms with Crippen molar-refractivity contribution < 1.29 is 40.0 Å². The van der Waals surface area contributed by atoms with E-state index in [4.69, 9.17) is 9.47 Å². The third kappa shape index (κ3) is 5.03. The van der Waals surface area contributed by atoms with Gasteiger partial charge in [0, 0.05) is 6.42 Å². The Morgan fingerprint density at radius 2 is 1.97 bits per heavy atom. The zero-order valence-electron chi connectivity index (χ0n) is 16.9. The number of aromatic nitrogens is 3. The number of carbonyl (C=O) groups is 1. The summed E-state index contributed by atoms with van der Waals surface area (Å²) in [5.41, 5.74) is -6.13. The molecule has 0 saturated carbocycles. The number of carbonyl (C=O) groups excluding carboxylic acids is 1. The van der Waals surface area contributed by atoms with Gasteiger partial charge in [0.2, 0.25) is 5.88 Å². The fourth-order valence-electron chi connectivity index (χ4n) is 3.08. The minimum atomic E-state index is -5.78. The Morgan fingerprint density at radius 3 is 2.56 bits per heavy atom. The standard InChI is InChI=1S/C19H20F3N3O6S/c1-2-29-17(26)18(10-8-15(9-11-18)31-32(27,28)19(20,21)22)13-30-16-12-23-24-25(16)14-6-4-3-5-7-14/h3-8,12H,2,9-11,13H2,1H3. The summed E-state index contributed by atoms with van der Waals surface area (Å²) in [6.07, 6.45) is 2.09. The van der Waals surface area contributed by atoms with Crippen molar-refractivity contribution in [1.82, 2.24) is 15.0 Å². The maximum Gasteiger partial charge on any atom is 0.534 e. The molecular weight excluding hydrogens is 455 g/mol. The van der Waals surface area contributed by atoms with Crippen LogP contribution < -0.4 is 4.74 Å². The first-order valence-corrected chi connectivity index (χ1v) is 10.9. The Balaban J connectivity index is 1.78. The van der Waals surface area contributed by atoms with Crippen LogP contribution in [0.25, 0.3) is 5.69 Å². The van der Waals surface area contributed by atoms with Gasteiger partial charge in [0.25, 0.3) is 0 Å². The summed E-state index contributed by atoms with van der Waals surface area (Å²) in [6.45, 7) is 1.51. The van der Waals surface area contributed by atoms with Gasteiger partial charge in [-0.15, -0.1) is 5.10 Å². The molecule has 1 heterocycles. The number of allylic oxidation sites excluding steroid dienone is 2. The molecule has 0 N–H and O–H groups in total. The first-order valence-electron chi connectivity index (χ1n) is 9.54. The molecule has 174 valence electrons. The van der Waals surface area contributed by atoms with Crippen LogP contribution in [0, 0.1) is 5.41 Å². The maximum absolute atomic E-state index is 12.7. The van der Waals surface area contributed by atoms with Crippen LogP contribution in [0.4, 0.5) is 13.2 Å². The maximum atomic E-state index is 12.7. The number of benzene rings is 1. The number of ether oxygens (including phenoxy) is 2. The smallest absolute Gasteiger partial charge is 0.475 e. The van der Waals surface area contributed by atoms with Gasteiger partial charge >= 0.3 is 21.6 Å². The van der Waals surface area contributed by atoms with E-state index in [-0.39, 0.29) is 38.4 Å². The molecule has 1 aromatic heterocycles. The van der Waals surface area contributed by atoms with Crippen molar-refractivity contribution in [3.8, 4) is 11.6 Å². The Morgan fingerprint density at radius 1 is 1.25 bits per heavy atom. The second kappa shape index (κ2) is 9.18. The zero-order chi connectivity index (χ0) is 23.4. The summed E-state index contributed by atoms with van der Waals surface area (Å²) in [7, 11) is -5.78. The Hall–Kier alpha value is -3.09.